The molecule has 0 aromatic heterocycles. The van der Waals surface area contributed by atoms with Crippen LogP contribution in [0.2, 0.25) is 0 Å². The van der Waals surface area contributed by atoms with Gasteiger partial charge in [-0.1, -0.05) is 6.92 Å². The molecular weight excluding hydrogens is 206 g/mol. The number of likely N-dealkylation sites (tertiary alicyclic amines) is 1. The van der Waals surface area contributed by atoms with Gasteiger partial charge in [0.1, 0.15) is 6.04 Å². The number of rotatable bonds is 2. The van der Waals surface area contributed by atoms with Crippen LogP contribution in [0.5, 0.6) is 0 Å². The SMILES string of the molecule is C[C@H]1C[C@@H](C(O)=S)N(C(=O)CS)C1. The zero-order valence-electron chi connectivity index (χ0n) is 7.43. The van der Waals surface area contributed by atoms with Crippen LogP contribution < -0.4 is 0 Å². The molecule has 5 heteroatoms. The fraction of sp³-hybridized carbons (Fsp3) is 0.750. The Labute approximate surface area is 88.5 Å². The van der Waals surface area contributed by atoms with E-state index in [0.29, 0.717) is 12.5 Å². The number of hydrogen-bond donors (Lipinski definition) is 2. The van der Waals surface area contributed by atoms with Gasteiger partial charge in [0.2, 0.25) is 5.91 Å². The molecule has 3 nitrogen and oxygen atoms in total. The van der Waals surface area contributed by atoms with Crippen LogP contribution in [-0.4, -0.2) is 39.3 Å². The maximum Gasteiger partial charge on any atom is 0.232 e. The van der Waals surface area contributed by atoms with Crippen molar-refractivity contribution in [3.63, 3.8) is 0 Å². The number of nitrogens with zero attached hydrogens (tertiary/aromatic N) is 1. The lowest BCUT2D eigenvalue weighted by Gasteiger charge is -2.21. The van der Waals surface area contributed by atoms with Gasteiger partial charge in [0.15, 0.2) is 5.05 Å². The first kappa shape index (κ1) is 10.8. The predicted molar refractivity (Wildman–Crippen MR) is 58.4 cm³/mol. The van der Waals surface area contributed by atoms with Crippen molar-refractivity contribution in [3.8, 4) is 0 Å². The third kappa shape index (κ3) is 2.34. The van der Waals surface area contributed by atoms with E-state index in [9.17, 15) is 9.90 Å². The maximum atomic E-state index is 11.4. The van der Waals surface area contributed by atoms with Gasteiger partial charge in [0.05, 0.1) is 5.75 Å². The molecule has 13 heavy (non-hydrogen) atoms. The van der Waals surface area contributed by atoms with E-state index >= 15 is 0 Å². The standard InChI is InChI=1S/C8H13NO2S2/c1-5-2-6(8(11)13)9(3-5)7(10)4-12/h5-6,12H,2-4H2,1H3,(H,11,13)/t5-,6-/m0/s1. The van der Waals surface area contributed by atoms with Crippen molar-refractivity contribution in [1.82, 2.24) is 4.90 Å². The largest absolute Gasteiger partial charge is 0.500 e. The number of aliphatic hydroxyl groups excluding tert-OH is 1. The lowest BCUT2D eigenvalue weighted by Crippen LogP contribution is -2.40. The summed E-state index contributed by atoms with van der Waals surface area (Å²) in [5.74, 6) is 0.513. The molecule has 1 saturated heterocycles. The minimum Gasteiger partial charge on any atom is -0.500 e. The van der Waals surface area contributed by atoms with Gasteiger partial charge in [-0.2, -0.15) is 12.6 Å². The molecule has 0 aliphatic carbocycles. The number of amides is 1. The lowest BCUT2D eigenvalue weighted by atomic mass is 10.1. The van der Waals surface area contributed by atoms with Crippen molar-refractivity contribution in [3.05, 3.63) is 0 Å². The Morgan fingerprint density at radius 2 is 2.38 bits per heavy atom. The highest BCUT2D eigenvalue weighted by atomic mass is 32.1. The normalized spacial score (nSPS) is 27.7. The molecule has 1 amide bonds. The maximum absolute atomic E-state index is 11.4. The Balaban J connectivity index is 2.71. The summed E-state index contributed by atoms with van der Waals surface area (Å²) in [5, 5.41) is 9.11. The first-order valence-corrected chi connectivity index (χ1v) is 5.23. The van der Waals surface area contributed by atoms with Crippen LogP contribution in [0.3, 0.4) is 0 Å². The van der Waals surface area contributed by atoms with Gasteiger partial charge in [-0.25, -0.2) is 0 Å². The quantitative estimate of drug-likeness (QED) is 0.538. The van der Waals surface area contributed by atoms with Gasteiger partial charge in [-0.05, 0) is 24.6 Å². The smallest absolute Gasteiger partial charge is 0.232 e. The summed E-state index contributed by atoms with van der Waals surface area (Å²) in [6.45, 7) is 2.71. The van der Waals surface area contributed by atoms with E-state index < -0.39 is 0 Å². The molecule has 0 unspecified atom stereocenters. The molecule has 1 fully saturated rings. The summed E-state index contributed by atoms with van der Waals surface area (Å²) < 4.78 is 0. The summed E-state index contributed by atoms with van der Waals surface area (Å²) in [4.78, 5) is 13.0. The highest BCUT2D eigenvalue weighted by Crippen LogP contribution is 2.23. The Kier molecular flexibility index (Phi) is 3.55. The van der Waals surface area contributed by atoms with Crippen LogP contribution in [0, 0.1) is 5.92 Å². The zero-order chi connectivity index (χ0) is 10.0. The fourth-order valence-electron chi connectivity index (χ4n) is 1.65. The third-order valence-corrected chi connectivity index (χ3v) is 2.79. The van der Waals surface area contributed by atoms with Crippen molar-refractivity contribution < 1.29 is 9.90 Å². The summed E-state index contributed by atoms with van der Waals surface area (Å²) in [7, 11) is 0. The molecular formula is C8H13NO2S2. The minimum absolute atomic E-state index is 0.0610. The van der Waals surface area contributed by atoms with Gasteiger partial charge in [0.25, 0.3) is 0 Å². The second-order valence-corrected chi connectivity index (χ2v) is 4.13. The van der Waals surface area contributed by atoms with Crippen molar-refractivity contribution in [1.29, 1.82) is 0 Å². The summed E-state index contributed by atoms with van der Waals surface area (Å²) in [6, 6.07) is -0.273. The van der Waals surface area contributed by atoms with Crippen LogP contribution in [0.1, 0.15) is 13.3 Å². The summed E-state index contributed by atoms with van der Waals surface area (Å²) >= 11 is 8.60. The molecule has 1 heterocycles. The molecule has 0 spiro atoms. The average molecular weight is 219 g/mol. The molecule has 0 radical (unpaired) electrons. The topological polar surface area (TPSA) is 40.5 Å². The van der Waals surface area contributed by atoms with E-state index in [2.05, 4.69) is 24.8 Å². The van der Waals surface area contributed by atoms with E-state index in [0.717, 1.165) is 6.42 Å². The van der Waals surface area contributed by atoms with Crippen molar-refractivity contribution in [2.45, 2.75) is 19.4 Å². The van der Waals surface area contributed by atoms with Crippen molar-refractivity contribution in [2.75, 3.05) is 12.3 Å². The van der Waals surface area contributed by atoms with Crippen molar-refractivity contribution in [2.24, 2.45) is 5.92 Å². The Bertz CT molecular complexity index is 232. The average Bonchev–Trinajstić information content (AvgIpc) is 2.46. The zero-order valence-corrected chi connectivity index (χ0v) is 9.15. The second-order valence-electron chi connectivity index (χ2n) is 3.40. The number of carbonyl (C=O) groups excluding carboxylic acids is 1. The molecule has 0 saturated carbocycles. The Morgan fingerprint density at radius 1 is 1.77 bits per heavy atom. The Morgan fingerprint density at radius 3 is 2.85 bits per heavy atom. The molecule has 0 aromatic carbocycles. The molecule has 0 aromatic rings. The van der Waals surface area contributed by atoms with E-state index in [-0.39, 0.29) is 22.8 Å². The van der Waals surface area contributed by atoms with E-state index in [1.807, 2.05) is 6.92 Å². The summed E-state index contributed by atoms with van der Waals surface area (Å²) in [6.07, 6.45) is 0.759. The lowest BCUT2D eigenvalue weighted by molar-refractivity contribution is -0.128. The van der Waals surface area contributed by atoms with Gasteiger partial charge in [-0.3, -0.25) is 4.79 Å². The monoisotopic (exact) mass is 219 g/mol. The summed E-state index contributed by atoms with van der Waals surface area (Å²) in [5.41, 5.74) is 0. The molecule has 1 rings (SSSR count). The van der Waals surface area contributed by atoms with Gasteiger partial charge < -0.3 is 10.0 Å². The van der Waals surface area contributed by atoms with E-state index in [1.54, 1.807) is 4.90 Å². The van der Waals surface area contributed by atoms with Gasteiger partial charge in [0, 0.05) is 6.54 Å². The molecule has 1 aliphatic heterocycles. The highest BCUT2D eigenvalue weighted by Gasteiger charge is 2.34. The number of hydrogen-bond acceptors (Lipinski definition) is 3. The first-order valence-electron chi connectivity index (χ1n) is 4.19. The van der Waals surface area contributed by atoms with Gasteiger partial charge >= 0.3 is 0 Å². The van der Waals surface area contributed by atoms with Crippen molar-refractivity contribution >= 4 is 35.8 Å². The predicted octanol–water partition coefficient (Wildman–Crippen LogP) is 1.04. The molecule has 1 N–H and O–H groups in total. The number of thiocarbonyl (C=S) groups is 1. The molecule has 1 aliphatic rings. The van der Waals surface area contributed by atoms with E-state index in [4.69, 9.17) is 0 Å². The van der Waals surface area contributed by atoms with Crippen LogP contribution in [0.25, 0.3) is 0 Å². The van der Waals surface area contributed by atoms with Crippen LogP contribution in [0.15, 0.2) is 0 Å². The number of aliphatic hydroxyl groups is 1. The minimum atomic E-state index is -0.273. The van der Waals surface area contributed by atoms with E-state index in [1.165, 1.54) is 0 Å². The second kappa shape index (κ2) is 4.28. The third-order valence-electron chi connectivity index (χ3n) is 2.25. The number of carbonyl (C=O) groups is 1. The van der Waals surface area contributed by atoms with Crippen LogP contribution >= 0.6 is 24.8 Å². The van der Waals surface area contributed by atoms with Crippen LogP contribution in [-0.2, 0) is 4.79 Å². The fourth-order valence-corrected chi connectivity index (χ4v) is 2.05. The van der Waals surface area contributed by atoms with Gasteiger partial charge in [-0.15, -0.1) is 0 Å². The van der Waals surface area contributed by atoms with Crippen LogP contribution in [0.4, 0.5) is 0 Å². The Hall–Kier alpha value is -0.290. The number of thiol groups is 1. The molecule has 0 bridgehead atoms. The first-order chi connectivity index (χ1) is 6.06. The highest BCUT2D eigenvalue weighted by molar-refractivity contribution is 7.81. The molecule has 2 atom stereocenters. The molecule has 74 valence electrons.